The zero-order valence-electron chi connectivity index (χ0n) is 11.6. The second kappa shape index (κ2) is 6.17. The number of hydrogen-bond acceptors (Lipinski definition) is 3. The molecule has 0 saturated heterocycles. The number of nitrogens with zero attached hydrogens (tertiary/aromatic N) is 3. The van der Waals surface area contributed by atoms with Gasteiger partial charge in [-0.15, -0.1) is 0 Å². The maximum atomic E-state index is 11.9. The highest BCUT2D eigenvalue weighted by Crippen LogP contribution is 2.11. The van der Waals surface area contributed by atoms with Crippen LogP contribution in [0, 0.1) is 0 Å². The van der Waals surface area contributed by atoms with Crippen LogP contribution in [0.15, 0.2) is 55.0 Å². The second-order valence-corrected chi connectivity index (χ2v) is 4.77. The molecular weight excluding hydrogens is 264 g/mol. The van der Waals surface area contributed by atoms with Gasteiger partial charge in [-0.05, 0) is 24.3 Å². The number of rotatable bonds is 5. The van der Waals surface area contributed by atoms with E-state index in [2.05, 4.69) is 15.3 Å². The van der Waals surface area contributed by atoms with Crippen molar-refractivity contribution in [2.45, 2.75) is 19.5 Å². The van der Waals surface area contributed by atoms with Gasteiger partial charge in [0.2, 0.25) is 5.91 Å². The Morgan fingerprint density at radius 3 is 2.81 bits per heavy atom. The number of amides is 1. The molecule has 0 spiro atoms. The normalized spacial score (nSPS) is 10.7. The smallest absolute Gasteiger partial charge is 0.222 e. The Labute approximate surface area is 122 Å². The topological polar surface area (TPSA) is 59.8 Å². The van der Waals surface area contributed by atoms with Crippen molar-refractivity contribution in [2.75, 3.05) is 0 Å². The average Bonchev–Trinajstić information content (AvgIpc) is 2.95. The molecule has 5 heteroatoms. The van der Waals surface area contributed by atoms with Crippen LogP contribution in [0.5, 0.6) is 0 Å². The minimum Gasteiger partial charge on any atom is -0.350 e. The molecule has 0 radical (unpaired) electrons. The van der Waals surface area contributed by atoms with Crippen LogP contribution < -0.4 is 5.32 Å². The summed E-state index contributed by atoms with van der Waals surface area (Å²) in [5, 5.41) is 2.87. The fourth-order valence-electron chi connectivity index (χ4n) is 2.19. The summed E-state index contributed by atoms with van der Waals surface area (Å²) in [5.74, 6) is 0.0124. The summed E-state index contributed by atoms with van der Waals surface area (Å²) in [7, 11) is 0. The van der Waals surface area contributed by atoms with Crippen molar-refractivity contribution < 1.29 is 4.79 Å². The van der Waals surface area contributed by atoms with E-state index in [0.717, 1.165) is 16.7 Å². The van der Waals surface area contributed by atoms with Crippen LogP contribution in [-0.4, -0.2) is 20.4 Å². The maximum absolute atomic E-state index is 11.9. The number of para-hydroxylation sites is 2. The van der Waals surface area contributed by atoms with Gasteiger partial charge < -0.3 is 9.88 Å². The lowest BCUT2D eigenvalue weighted by Crippen LogP contribution is -2.24. The summed E-state index contributed by atoms with van der Waals surface area (Å²) in [6.07, 6.45) is 3.92. The van der Waals surface area contributed by atoms with Gasteiger partial charge in [0, 0.05) is 19.2 Å². The van der Waals surface area contributed by atoms with E-state index in [-0.39, 0.29) is 5.91 Å². The molecular formula is C16H16N4O. The number of carbonyl (C=O) groups is 1. The number of nitrogens with one attached hydrogen (secondary N) is 1. The molecule has 0 aliphatic carbocycles. The number of carbonyl (C=O) groups excluding carboxylic acids is 1. The lowest BCUT2D eigenvalue weighted by Gasteiger charge is -2.06. The number of aromatic nitrogens is 3. The summed E-state index contributed by atoms with van der Waals surface area (Å²) in [5.41, 5.74) is 2.86. The van der Waals surface area contributed by atoms with Gasteiger partial charge in [0.05, 0.1) is 29.6 Å². The molecule has 0 aliphatic rings. The molecule has 1 N–H and O–H groups in total. The van der Waals surface area contributed by atoms with Crippen LogP contribution in [-0.2, 0) is 17.9 Å². The Morgan fingerprint density at radius 2 is 1.95 bits per heavy atom. The van der Waals surface area contributed by atoms with Crippen LogP contribution in [0.2, 0.25) is 0 Å². The Balaban J connectivity index is 1.54. The van der Waals surface area contributed by atoms with Crippen molar-refractivity contribution >= 4 is 16.9 Å². The second-order valence-electron chi connectivity index (χ2n) is 4.77. The first-order valence-electron chi connectivity index (χ1n) is 6.89. The monoisotopic (exact) mass is 280 g/mol. The van der Waals surface area contributed by atoms with Crippen LogP contribution in [0.1, 0.15) is 12.1 Å². The lowest BCUT2D eigenvalue weighted by atomic mass is 10.3. The number of benzene rings is 1. The summed E-state index contributed by atoms with van der Waals surface area (Å²) in [4.78, 5) is 20.4. The van der Waals surface area contributed by atoms with Crippen LogP contribution >= 0.6 is 0 Å². The molecule has 21 heavy (non-hydrogen) atoms. The molecule has 5 nitrogen and oxygen atoms in total. The third kappa shape index (κ3) is 3.25. The van der Waals surface area contributed by atoms with Gasteiger partial charge in [0.25, 0.3) is 0 Å². The minimum absolute atomic E-state index is 0.0124. The number of pyridine rings is 1. The molecule has 2 aromatic heterocycles. The summed E-state index contributed by atoms with van der Waals surface area (Å²) in [6, 6.07) is 13.6. The first kappa shape index (κ1) is 13.3. The molecule has 0 saturated carbocycles. The first-order chi connectivity index (χ1) is 10.3. The molecule has 0 fully saturated rings. The molecule has 106 valence electrons. The number of hydrogen-bond donors (Lipinski definition) is 1. The molecule has 3 aromatic rings. The van der Waals surface area contributed by atoms with Gasteiger partial charge in [-0.2, -0.15) is 0 Å². The van der Waals surface area contributed by atoms with Gasteiger partial charge in [-0.25, -0.2) is 4.98 Å². The Bertz CT molecular complexity index is 736. The number of aryl methyl sites for hydroxylation is 1. The first-order valence-corrected chi connectivity index (χ1v) is 6.89. The van der Waals surface area contributed by atoms with Gasteiger partial charge in [-0.1, -0.05) is 18.2 Å². The molecule has 0 bridgehead atoms. The Morgan fingerprint density at radius 1 is 1.10 bits per heavy atom. The highest BCUT2D eigenvalue weighted by molar-refractivity contribution is 5.77. The third-order valence-electron chi connectivity index (χ3n) is 3.30. The molecule has 0 aliphatic heterocycles. The molecule has 0 unspecified atom stereocenters. The summed E-state index contributed by atoms with van der Waals surface area (Å²) in [6.45, 7) is 1.08. The standard InChI is InChI=1S/C16H16N4O/c21-16(18-11-13-5-3-4-9-17-13)8-10-20-12-19-14-6-1-2-7-15(14)20/h1-7,9,12H,8,10-11H2,(H,18,21). The average molecular weight is 280 g/mol. The van der Waals surface area contributed by atoms with Crippen LogP contribution in [0.3, 0.4) is 0 Å². The van der Waals surface area contributed by atoms with Gasteiger partial charge in [-0.3, -0.25) is 9.78 Å². The van der Waals surface area contributed by atoms with Crippen LogP contribution in [0.4, 0.5) is 0 Å². The van der Waals surface area contributed by atoms with E-state index >= 15 is 0 Å². The Kier molecular flexibility index (Phi) is 3.91. The molecule has 1 aromatic carbocycles. The highest BCUT2D eigenvalue weighted by atomic mass is 16.1. The predicted molar refractivity (Wildman–Crippen MR) is 80.4 cm³/mol. The van der Waals surface area contributed by atoms with E-state index < -0.39 is 0 Å². The van der Waals surface area contributed by atoms with E-state index in [1.165, 1.54) is 0 Å². The maximum Gasteiger partial charge on any atom is 0.222 e. The fraction of sp³-hybridized carbons (Fsp3) is 0.188. The van der Waals surface area contributed by atoms with Gasteiger partial charge in [0.1, 0.15) is 0 Å². The van der Waals surface area contributed by atoms with Crippen molar-refractivity contribution in [3.8, 4) is 0 Å². The highest BCUT2D eigenvalue weighted by Gasteiger charge is 2.05. The molecule has 2 heterocycles. The van der Waals surface area contributed by atoms with Crippen LogP contribution in [0.25, 0.3) is 11.0 Å². The molecule has 1 amide bonds. The third-order valence-corrected chi connectivity index (χ3v) is 3.30. The van der Waals surface area contributed by atoms with Gasteiger partial charge >= 0.3 is 0 Å². The van der Waals surface area contributed by atoms with Crippen molar-refractivity contribution in [3.63, 3.8) is 0 Å². The SMILES string of the molecule is O=C(CCn1cnc2ccccc21)NCc1ccccn1. The van der Waals surface area contributed by atoms with E-state index in [1.54, 1.807) is 12.5 Å². The van der Waals surface area contributed by atoms with E-state index in [9.17, 15) is 4.79 Å². The fourth-order valence-corrected chi connectivity index (χ4v) is 2.19. The van der Waals surface area contributed by atoms with Crippen molar-refractivity contribution in [3.05, 3.63) is 60.7 Å². The number of imidazole rings is 1. The molecule has 3 rings (SSSR count). The van der Waals surface area contributed by atoms with Crippen molar-refractivity contribution in [1.29, 1.82) is 0 Å². The Hall–Kier alpha value is -2.69. The van der Waals surface area contributed by atoms with E-state index in [4.69, 9.17) is 0 Å². The van der Waals surface area contributed by atoms with Gasteiger partial charge in [0.15, 0.2) is 0 Å². The summed E-state index contributed by atoms with van der Waals surface area (Å²) < 4.78 is 2.00. The van der Waals surface area contributed by atoms with E-state index in [1.807, 2.05) is 47.0 Å². The zero-order chi connectivity index (χ0) is 14.5. The molecule has 0 atom stereocenters. The zero-order valence-corrected chi connectivity index (χ0v) is 11.6. The largest absolute Gasteiger partial charge is 0.350 e. The van der Waals surface area contributed by atoms with Crippen molar-refractivity contribution in [2.24, 2.45) is 0 Å². The van der Waals surface area contributed by atoms with E-state index in [0.29, 0.717) is 19.5 Å². The van der Waals surface area contributed by atoms with Crippen molar-refractivity contribution in [1.82, 2.24) is 19.9 Å². The quantitative estimate of drug-likeness (QED) is 0.779. The number of fused-ring (bicyclic) bond motifs is 1. The summed E-state index contributed by atoms with van der Waals surface area (Å²) >= 11 is 0. The minimum atomic E-state index is 0.0124. The predicted octanol–water partition coefficient (Wildman–Crippen LogP) is 2.14. The lowest BCUT2D eigenvalue weighted by molar-refractivity contribution is -0.121.